The number of carbonyl (C=O) groups is 2. The van der Waals surface area contributed by atoms with Crippen LogP contribution in [0.4, 0.5) is 0 Å². The van der Waals surface area contributed by atoms with Crippen molar-refractivity contribution in [2.45, 2.75) is 58.5 Å². The summed E-state index contributed by atoms with van der Waals surface area (Å²) in [4.78, 5) is 23.0. The average molecular weight is 407 g/mol. The number of methoxy groups -OCH3 is 3. The van der Waals surface area contributed by atoms with Gasteiger partial charge in [0, 0.05) is 19.1 Å². The third-order valence-corrected chi connectivity index (χ3v) is 4.68. The molecule has 0 radical (unpaired) electrons. The topological polar surface area (TPSA) is 71.1 Å². The van der Waals surface area contributed by atoms with E-state index < -0.39 is 5.97 Å². The molecule has 0 fully saturated rings. The quantitative estimate of drug-likeness (QED) is 0.204. The predicted octanol–water partition coefficient (Wildman–Crippen LogP) is 4.73. The Morgan fingerprint density at radius 2 is 1.76 bits per heavy atom. The molecule has 0 bridgehead atoms. The lowest BCUT2D eigenvalue weighted by atomic mass is 9.95. The van der Waals surface area contributed by atoms with Crippen LogP contribution in [0.5, 0.6) is 5.75 Å². The molecule has 6 nitrogen and oxygen atoms in total. The fourth-order valence-corrected chi connectivity index (χ4v) is 3.02. The van der Waals surface area contributed by atoms with Crippen LogP contribution in [-0.4, -0.2) is 39.9 Å². The number of Topliss-reactive ketones (excluding diaryl/α,β-unsaturated/α-hetero) is 1. The minimum atomic E-state index is -0.498. The van der Waals surface area contributed by atoms with E-state index >= 15 is 0 Å². The molecule has 0 aromatic heterocycles. The minimum absolute atomic E-state index is 0.122. The number of carbonyl (C=O) groups excluding carboxylic acids is 2. The maximum absolute atomic E-state index is 11.8. The fourth-order valence-electron chi connectivity index (χ4n) is 3.02. The van der Waals surface area contributed by atoms with Gasteiger partial charge in [-0.15, -0.1) is 0 Å². The normalized spacial score (nSPS) is 12.7. The van der Waals surface area contributed by atoms with Gasteiger partial charge in [-0.05, 0) is 31.2 Å². The van der Waals surface area contributed by atoms with Crippen LogP contribution in [0.15, 0.2) is 29.8 Å². The van der Waals surface area contributed by atoms with Crippen molar-refractivity contribution in [3.63, 3.8) is 0 Å². The molecule has 1 rings (SSSR count). The van der Waals surface area contributed by atoms with E-state index in [2.05, 4.69) is 30.7 Å². The van der Waals surface area contributed by atoms with Gasteiger partial charge in [0.25, 0.3) is 0 Å². The van der Waals surface area contributed by atoms with Gasteiger partial charge in [-0.2, -0.15) is 0 Å². The zero-order valence-electron chi connectivity index (χ0n) is 18.4. The first kappa shape index (κ1) is 24.9. The Morgan fingerprint density at radius 1 is 1.07 bits per heavy atom. The molecule has 0 heterocycles. The highest BCUT2D eigenvalue weighted by Gasteiger charge is 2.20. The molecule has 29 heavy (non-hydrogen) atoms. The van der Waals surface area contributed by atoms with Crippen LogP contribution >= 0.6 is 0 Å². The van der Waals surface area contributed by atoms with Crippen LogP contribution in [0.1, 0.15) is 69.6 Å². The fraction of sp³-hybridized carbons (Fsp3) is 0.565. The molecule has 1 unspecified atom stereocenters. The van der Waals surface area contributed by atoms with Gasteiger partial charge in [0.1, 0.15) is 24.7 Å². The van der Waals surface area contributed by atoms with Crippen molar-refractivity contribution >= 4 is 11.8 Å². The average Bonchev–Trinajstić information content (AvgIpc) is 2.71. The van der Waals surface area contributed by atoms with Crippen LogP contribution in [0.25, 0.3) is 0 Å². The molecule has 0 amide bonds. The van der Waals surface area contributed by atoms with E-state index in [1.165, 1.54) is 7.11 Å². The molecule has 0 N–H and O–H groups in total. The molecule has 162 valence electrons. The molecule has 1 aromatic carbocycles. The van der Waals surface area contributed by atoms with E-state index in [0.29, 0.717) is 25.2 Å². The number of benzene rings is 1. The predicted molar refractivity (Wildman–Crippen MR) is 112 cm³/mol. The summed E-state index contributed by atoms with van der Waals surface area (Å²) in [5.41, 5.74) is 3.17. The maximum atomic E-state index is 11.8. The monoisotopic (exact) mass is 406 g/mol. The zero-order valence-corrected chi connectivity index (χ0v) is 18.4. The van der Waals surface area contributed by atoms with Crippen molar-refractivity contribution in [2.24, 2.45) is 0 Å². The van der Waals surface area contributed by atoms with Crippen molar-refractivity contribution in [2.75, 3.05) is 28.1 Å². The first-order valence-corrected chi connectivity index (χ1v) is 9.85. The standard InChI is InChI=1S/C23H34O6/c1-16(2)19-8-7-9-20(23(19)28-6)21(29-15-26-4)13-11-17(3)10-12-18(24)14-22(25)27-5/h7-9,11,16,21H,10,12-15H2,1-6H3/b17-11+. The first-order chi connectivity index (χ1) is 13.8. The highest BCUT2D eigenvalue weighted by Crippen LogP contribution is 2.36. The van der Waals surface area contributed by atoms with Gasteiger partial charge in [0.15, 0.2) is 0 Å². The van der Waals surface area contributed by atoms with Gasteiger partial charge >= 0.3 is 5.97 Å². The molecule has 0 aliphatic rings. The van der Waals surface area contributed by atoms with Crippen LogP contribution in [-0.2, 0) is 23.8 Å². The Balaban J connectivity index is 2.89. The summed E-state index contributed by atoms with van der Waals surface area (Å²) in [5, 5.41) is 0. The van der Waals surface area contributed by atoms with Gasteiger partial charge in [0.05, 0.1) is 20.3 Å². The molecule has 0 spiro atoms. The number of ketones is 1. The lowest BCUT2D eigenvalue weighted by Gasteiger charge is -2.22. The number of hydrogen-bond acceptors (Lipinski definition) is 6. The first-order valence-electron chi connectivity index (χ1n) is 9.85. The van der Waals surface area contributed by atoms with E-state index in [-0.39, 0.29) is 25.1 Å². The van der Waals surface area contributed by atoms with E-state index in [1.54, 1.807) is 14.2 Å². The molecule has 1 atom stereocenters. The molecular formula is C23H34O6. The number of rotatable bonds is 13. The summed E-state index contributed by atoms with van der Waals surface area (Å²) in [5.74, 6) is 0.541. The molecule has 0 saturated carbocycles. The summed E-state index contributed by atoms with van der Waals surface area (Å²) in [7, 11) is 4.54. The number of para-hydroxylation sites is 1. The molecule has 0 saturated heterocycles. The highest BCUT2D eigenvalue weighted by atomic mass is 16.7. The van der Waals surface area contributed by atoms with Gasteiger partial charge in [0.2, 0.25) is 0 Å². The number of ether oxygens (including phenoxy) is 4. The summed E-state index contributed by atoms with van der Waals surface area (Å²) < 4.78 is 21.3. The summed E-state index contributed by atoms with van der Waals surface area (Å²) in [6, 6.07) is 6.08. The molecular weight excluding hydrogens is 372 g/mol. The van der Waals surface area contributed by atoms with Crippen molar-refractivity contribution < 1.29 is 28.5 Å². The van der Waals surface area contributed by atoms with Crippen LogP contribution in [0.2, 0.25) is 0 Å². The van der Waals surface area contributed by atoms with Gasteiger partial charge < -0.3 is 18.9 Å². The van der Waals surface area contributed by atoms with Crippen molar-refractivity contribution in [1.29, 1.82) is 0 Å². The van der Waals surface area contributed by atoms with Crippen molar-refractivity contribution in [3.05, 3.63) is 41.0 Å². The highest BCUT2D eigenvalue weighted by molar-refractivity contribution is 5.95. The third kappa shape index (κ3) is 8.38. The lowest BCUT2D eigenvalue weighted by Crippen LogP contribution is -2.10. The molecule has 0 aliphatic heterocycles. The van der Waals surface area contributed by atoms with Crippen LogP contribution in [0.3, 0.4) is 0 Å². The summed E-state index contributed by atoms with van der Waals surface area (Å²) >= 11 is 0. The molecule has 6 heteroatoms. The van der Waals surface area contributed by atoms with E-state index in [9.17, 15) is 9.59 Å². The van der Waals surface area contributed by atoms with Gasteiger partial charge in [-0.3, -0.25) is 9.59 Å². The maximum Gasteiger partial charge on any atom is 0.313 e. The van der Waals surface area contributed by atoms with E-state index in [0.717, 1.165) is 22.4 Å². The van der Waals surface area contributed by atoms with Crippen LogP contribution < -0.4 is 4.74 Å². The molecule has 0 aliphatic carbocycles. The number of esters is 1. The Kier molecular flexibility index (Phi) is 11.2. The second-order valence-corrected chi connectivity index (χ2v) is 7.26. The lowest BCUT2D eigenvalue weighted by molar-refractivity contribution is -0.143. The van der Waals surface area contributed by atoms with E-state index in [4.69, 9.17) is 14.2 Å². The largest absolute Gasteiger partial charge is 0.496 e. The Bertz CT molecular complexity index is 693. The van der Waals surface area contributed by atoms with Crippen LogP contribution in [0, 0.1) is 0 Å². The second kappa shape index (κ2) is 13.1. The van der Waals surface area contributed by atoms with Gasteiger partial charge in [-0.1, -0.05) is 43.7 Å². The smallest absolute Gasteiger partial charge is 0.313 e. The minimum Gasteiger partial charge on any atom is -0.496 e. The third-order valence-electron chi connectivity index (χ3n) is 4.68. The van der Waals surface area contributed by atoms with Gasteiger partial charge in [-0.25, -0.2) is 0 Å². The Labute approximate surface area is 174 Å². The number of hydrogen-bond donors (Lipinski definition) is 0. The van der Waals surface area contributed by atoms with Crippen molar-refractivity contribution in [3.8, 4) is 5.75 Å². The number of allylic oxidation sites excluding steroid dienone is 1. The zero-order chi connectivity index (χ0) is 21.8. The van der Waals surface area contributed by atoms with Crippen molar-refractivity contribution in [1.82, 2.24) is 0 Å². The van der Waals surface area contributed by atoms with E-state index in [1.807, 2.05) is 19.1 Å². The molecule has 1 aromatic rings. The second-order valence-electron chi connectivity index (χ2n) is 7.26. The SMILES string of the molecule is COCOC(C/C=C(\C)CCC(=O)CC(=O)OC)c1cccc(C(C)C)c1OC. The Morgan fingerprint density at radius 3 is 2.34 bits per heavy atom. The summed E-state index contributed by atoms with van der Waals surface area (Å²) in [6.45, 7) is 6.40. The summed E-state index contributed by atoms with van der Waals surface area (Å²) in [6.07, 6.45) is 3.18. The Hall–Kier alpha value is -2.18.